The quantitative estimate of drug-likeness (QED) is 0.801. The summed E-state index contributed by atoms with van der Waals surface area (Å²) in [7, 11) is 0. The van der Waals surface area contributed by atoms with Crippen LogP contribution in [0.4, 0.5) is 0 Å². The smallest absolute Gasteiger partial charge is 0.307 e. The van der Waals surface area contributed by atoms with E-state index < -0.39 is 5.97 Å². The van der Waals surface area contributed by atoms with Crippen molar-refractivity contribution >= 4 is 11.9 Å². The number of amides is 1. The van der Waals surface area contributed by atoms with E-state index in [2.05, 4.69) is 5.32 Å². The van der Waals surface area contributed by atoms with Crippen LogP contribution in [0.2, 0.25) is 0 Å². The molecule has 0 bridgehead atoms. The van der Waals surface area contributed by atoms with E-state index in [4.69, 9.17) is 5.11 Å². The van der Waals surface area contributed by atoms with Gasteiger partial charge in [0.15, 0.2) is 0 Å². The fraction of sp³-hybridized carbons (Fsp3) is 0.867. The molecule has 2 aliphatic rings. The summed E-state index contributed by atoms with van der Waals surface area (Å²) in [5, 5.41) is 12.1. The largest absolute Gasteiger partial charge is 0.481 e. The van der Waals surface area contributed by atoms with Gasteiger partial charge in [-0.3, -0.25) is 14.5 Å². The van der Waals surface area contributed by atoms with Crippen molar-refractivity contribution in [2.75, 3.05) is 26.2 Å². The van der Waals surface area contributed by atoms with E-state index in [9.17, 15) is 9.59 Å². The summed E-state index contributed by atoms with van der Waals surface area (Å²) in [6, 6.07) is 0. The monoisotopic (exact) mass is 282 g/mol. The van der Waals surface area contributed by atoms with Crippen molar-refractivity contribution in [1.82, 2.24) is 10.2 Å². The SMILES string of the molecule is O=C(CN1CCCC(C(=O)O)C1)NCC1CCCCC1. The minimum Gasteiger partial charge on any atom is -0.481 e. The van der Waals surface area contributed by atoms with E-state index in [1.165, 1.54) is 32.1 Å². The number of carbonyl (C=O) groups excluding carboxylic acids is 1. The van der Waals surface area contributed by atoms with Crippen molar-refractivity contribution in [2.24, 2.45) is 11.8 Å². The van der Waals surface area contributed by atoms with Crippen LogP contribution in [-0.4, -0.2) is 48.1 Å². The number of likely N-dealkylation sites (tertiary alicyclic amines) is 1. The number of piperidine rings is 1. The molecular formula is C15H26N2O3. The van der Waals surface area contributed by atoms with Gasteiger partial charge in [-0.15, -0.1) is 0 Å². The zero-order valence-corrected chi connectivity index (χ0v) is 12.1. The molecule has 1 saturated heterocycles. The highest BCUT2D eigenvalue weighted by Crippen LogP contribution is 2.22. The van der Waals surface area contributed by atoms with Crippen molar-refractivity contribution in [3.05, 3.63) is 0 Å². The van der Waals surface area contributed by atoms with E-state index >= 15 is 0 Å². The average molecular weight is 282 g/mol. The molecule has 5 heteroatoms. The summed E-state index contributed by atoms with van der Waals surface area (Å²) >= 11 is 0. The maximum absolute atomic E-state index is 11.9. The minimum absolute atomic E-state index is 0.0432. The third-order valence-electron chi connectivity index (χ3n) is 4.53. The van der Waals surface area contributed by atoms with E-state index in [-0.39, 0.29) is 11.8 Å². The standard InChI is InChI=1S/C15H26N2O3/c18-14(16-9-12-5-2-1-3-6-12)11-17-8-4-7-13(10-17)15(19)20/h12-13H,1-11H2,(H,16,18)(H,19,20). The number of nitrogens with one attached hydrogen (secondary N) is 1. The normalized spacial score (nSPS) is 25.3. The van der Waals surface area contributed by atoms with Crippen LogP contribution in [0.25, 0.3) is 0 Å². The van der Waals surface area contributed by atoms with Crippen molar-refractivity contribution in [1.29, 1.82) is 0 Å². The Balaban J connectivity index is 1.66. The molecule has 5 nitrogen and oxygen atoms in total. The topological polar surface area (TPSA) is 69.6 Å². The van der Waals surface area contributed by atoms with Crippen LogP contribution in [0, 0.1) is 11.8 Å². The first-order chi connectivity index (χ1) is 9.65. The van der Waals surface area contributed by atoms with E-state index in [0.717, 1.165) is 25.9 Å². The summed E-state index contributed by atoms with van der Waals surface area (Å²) in [5.41, 5.74) is 0. The van der Waals surface area contributed by atoms with Crippen molar-refractivity contribution in [3.63, 3.8) is 0 Å². The first kappa shape index (κ1) is 15.3. The molecule has 0 aromatic rings. The van der Waals surface area contributed by atoms with E-state index in [0.29, 0.717) is 19.0 Å². The lowest BCUT2D eigenvalue weighted by molar-refractivity contribution is -0.144. The van der Waals surface area contributed by atoms with Gasteiger partial charge in [-0.25, -0.2) is 0 Å². The van der Waals surface area contributed by atoms with Gasteiger partial charge in [-0.05, 0) is 38.1 Å². The van der Waals surface area contributed by atoms with Gasteiger partial charge >= 0.3 is 5.97 Å². The second kappa shape index (κ2) is 7.62. The summed E-state index contributed by atoms with van der Waals surface area (Å²) in [6.07, 6.45) is 7.95. The Kier molecular flexibility index (Phi) is 5.83. The molecule has 1 saturated carbocycles. The van der Waals surface area contributed by atoms with Crippen LogP contribution >= 0.6 is 0 Å². The summed E-state index contributed by atoms with van der Waals surface area (Å²) < 4.78 is 0. The number of carbonyl (C=O) groups is 2. The Morgan fingerprint density at radius 2 is 1.85 bits per heavy atom. The van der Waals surface area contributed by atoms with Gasteiger partial charge < -0.3 is 10.4 Å². The van der Waals surface area contributed by atoms with Crippen molar-refractivity contribution in [3.8, 4) is 0 Å². The third-order valence-corrected chi connectivity index (χ3v) is 4.53. The van der Waals surface area contributed by atoms with Crippen LogP contribution < -0.4 is 5.32 Å². The Bertz CT molecular complexity index is 340. The molecule has 2 N–H and O–H groups in total. The first-order valence-corrected chi connectivity index (χ1v) is 7.87. The van der Waals surface area contributed by atoms with Crippen LogP contribution in [0.5, 0.6) is 0 Å². The summed E-state index contributed by atoms with van der Waals surface area (Å²) in [5.74, 6) is -0.366. The molecule has 0 radical (unpaired) electrons. The van der Waals surface area contributed by atoms with Crippen LogP contribution in [0.3, 0.4) is 0 Å². The molecule has 1 heterocycles. The Morgan fingerprint density at radius 3 is 2.55 bits per heavy atom. The fourth-order valence-electron chi connectivity index (χ4n) is 3.31. The molecule has 1 atom stereocenters. The van der Waals surface area contributed by atoms with Crippen LogP contribution in [-0.2, 0) is 9.59 Å². The first-order valence-electron chi connectivity index (χ1n) is 7.87. The molecule has 1 aliphatic carbocycles. The van der Waals surface area contributed by atoms with E-state index in [1.807, 2.05) is 4.90 Å². The molecular weight excluding hydrogens is 256 g/mol. The Morgan fingerprint density at radius 1 is 1.10 bits per heavy atom. The third kappa shape index (κ3) is 4.78. The number of carboxylic acids is 1. The van der Waals surface area contributed by atoms with Crippen LogP contribution in [0.1, 0.15) is 44.9 Å². The van der Waals surface area contributed by atoms with Gasteiger partial charge in [-0.1, -0.05) is 19.3 Å². The number of hydrogen-bond donors (Lipinski definition) is 2. The molecule has 1 aliphatic heterocycles. The van der Waals surface area contributed by atoms with E-state index in [1.54, 1.807) is 0 Å². The fourth-order valence-corrected chi connectivity index (χ4v) is 3.31. The molecule has 114 valence electrons. The number of hydrogen-bond acceptors (Lipinski definition) is 3. The van der Waals surface area contributed by atoms with Gasteiger partial charge in [0.2, 0.25) is 5.91 Å². The Hall–Kier alpha value is -1.10. The summed E-state index contributed by atoms with van der Waals surface area (Å²) in [6.45, 7) is 2.47. The van der Waals surface area contributed by atoms with Gasteiger partial charge in [0.05, 0.1) is 12.5 Å². The molecule has 1 amide bonds. The number of rotatable bonds is 5. The Labute approximate surface area is 120 Å². The average Bonchev–Trinajstić information content (AvgIpc) is 2.46. The predicted octanol–water partition coefficient (Wildman–Crippen LogP) is 1.48. The van der Waals surface area contributed by atoms with Crippen LogP contribution in [0.15, 0.2) is 0 Å². The van der Waals surface area contributed by atoms with Crippen molar-refractivity contribution < 1.29 is 14.7 Å². The molecule has 1 unspecified atom stereocenters. The number of nitrogens with zero attached hydrogens (tertiary/aromatic N) is 1. The maximum Gasteiger partial charge on any atom is 0.307 e. The minimum atomic E-state index is -0.739. The molecule has 2 rings (SSSR count). The predicted molar refractivity (Wildman–Crippen MR) is 76.4 cm³/mol. The molecule has 0 aromatic heterocycles. The lowest BCUT2D eigenvalue weighted by Crippen LogP contribution is -2.45. The molecule has 2 fully saturated rings. The highest BCUT2D eigenvalue weighted by atomic mass is 16.4. The highest BCUT2D eigenvalue weighted by Gasteiger charge is 2.26. The lowest BCUT2D eigenvalue weighted by atomic mass is 9.89. The number of aliphatic carboxylic acids is 1. The second-order valence-corrected chi connectivity index (χ2v) is 6.22. The van der Waals surface area contributed by atoms with Gasteiger partial charge in [0.25, 0.3) is 0 Å². The molecule has 0 spiro atoms. The van der Waals surface area contributed by atoms with Gasteiger partial charge in [0, 0.05) is 13.1 Å². The van der Waals surface area contributed by atoms with Gasteiger partial charge in [-0.2, -0.15) is 0 Å². The van der Waals surface area contributed by atoms with Crippen molar-refractivity contribution in [2.45, 2.75) is 44.9 Å². The zero-order chi connectivity index (χ0) is 14.4. The van der Waals surface area contributed by atoms with Gasteiger partial charge in [0.1, 0.15) is 0 Å². The number of carboxylic acid groups (broad SMARTS) is 1. The molecule has 0 aromatic carbocycles. The highest BCUT2D eigenvalue weighted by molar-refractivity contribution is 5.78. The summed E-state index contributed by atoms with van der Waals surface area (Å²) in [4.78, 5) is 24.9. The lowest BCUT2D eigenvalue weighted by Gasteiger charge is -2.30. The second-order valence-electron chi connectivity index (χ2n) is 6.22. The molecule has 20 heavy (non-hydrogen) atoms. The zero-order valence-electron chi connectivity index (χ0n) is 12.1. The maximum atomic E-state index is 11.9.